The molecule has 0 atom stereocenters. The van der Waals surface area contributed by atoms with Crippen LogP contribution in [0.15, 0.2) is 59.4 Å². The second kappa shape index (κ2) is 9.48. The number of ether oxygens (including phenoxy) is 1. The van der Waals surface area contributed by atoms with Crippen LogP contribution in [0.25, 0.3) is 29.0 Å². The van der Waals surface area contributed by atoms with Gasteiger partial charge in [-0.1, -0.05) is 12.1 Å². The summed E-state index contributed by atoms with van der Waals surface area (Å²) in [5, 5.41) is 18.9. The van der Waals surface area contributed by atoms with Crippen LogP contribution in [0.2, 0.25) is 0 Å². The van der Waals surface area contributed by atoms with E-state index in [0.717, 1.165) is 34.0 Å². The molecule has 0 aliphatic heterocycles. The van der Waals surface area contributed by atoms with Crippen LogP contribution in [-0.4, -0.2) is 43.8 Å². The van der Waals surface area contributed by atoms with Gasteiger partial charge < -0.3 is 14.9 Å². The molecule has 0 saturated heterocycles. The Morgan fingerprint density at radius 1 is 1.10 bits per heavy atom. The molecule has 0 spiro atoms. The van der Waals surface area contributed by atoms with Gasteiger partial charge in [-0.25, -0.2) is 19.6 Å². The van der Waals surface area contributed by atoms with Gasteiger partial charge in [0.25, 0.3) is 0 Å². The maximum absolute atomic E-state index is 9.10. The number of thiophene rings is 1. The van der Waals surface area contributed by atoms with E-state index < -0.39 is 11.9 Å². The highest BCUT2D eigenvalue weighted by Crippen LogP contribution is 2.25. The summed E-state index contributed by atoms with van der Waals surface area (Å²) in [5.41, 5.74) is 3.04. The number of hydrogen-bond acceptors (Lipinski definition) is 6. The maximum Gasteiger partial charge on any atom is 0.414 e. The molecule has 4 aromatic rings. The number of hydrogen-bond donors (Lipinski definition) is 2. The Morgan fingerprint density at radius 3 is 2.50 bits per heavy atom. The van der Waals surface area contributed by atoms with E-state index in [0.29, 0.717) is 0 Å². The topological polar surface area (TPSA) is 115 Å². The average Bonchev–Trinajstić information content (AvgIpc) is 3.40. The first kappa shape index (κ1) is 20.7. The Bertz CT molecular complexity index is 1170. The zero-order valence-electron chi connectivity index (χ0n) is 15.8. The van der Waals surface area contributed by atoms with E-state index in [1.807, 2.05) is 42.5 Å². The number of aliphatic carboxylic acids is 2. The van der Waals surface area contributed by atoms with Crippen molar-refractivity contribution in [1.82, 2.24) is 14.5 Å². The maximum atomic E-state index is 9.10. The largest absolute Gasteiger partial charge is 0.497 e. The van der Waals surface area contributed by atoms with Gasteiger partial charge in [0.05, 0.1) is 18.1 Å². The van der Waals surface area contributed by atoms with Crippen molar-refractivity contribution in [2.45, 2.75) is 0 Å². The van der Waals surface area contributed by atoms with Crippen molar-refractivity contribution in [3.05, 3.63) is 70.8 Å². The lowest BCUT2D eigenvalue weighted by Crippen LogP contribution is -2.09. The van der Waals surface area contributed by atoms with Gasteiger partial charge in [-0.2, -0.15) is 11.3 Å². The minimum Gasteiger partial charge on any atom is -0.497 e. The molecule has 0 unspecified atom stereocenters. The van der Waals surface area contributed by atoms with Gasteiger partial charge in [0.2, 0.25) is 0 Å². The van der Waals surface area contributed by atoms with Gasteiger partial charge >= 0.3 is 11.9 Å². The summed E-state index contributed by atoms with van der Waals surface area (Å²) in [4.78, 5) is 27.4. The van der Waals surface area contributed by atoms with Crippen LogP contribution in [-0.2, 0) is 9.59 Å². The van der Waals surface area contributed by atoms with Crippen LogP contribution < -0.4 is 4.74 Å². The first-order valence-electron chi connectivity index (χ1n) is 8.64. The number of methoxy groups -OCH3 is 1. The Labute approximate surface area is 175 Å². The third-order valence-corrected chi connectivity index (χ3v) is 4.62. The molecule has 9 heteroatoms. The van der Waals surface area contributed by atoms with Crippen LogP contribution in [0.5, 0.6) is 5.75 Å². The van der Waals surface area contributed by atoms with Crippen molar-refractivity contribution < 1.29 is 24.5 Å². The van der Waals surface area contributed by atoms with Crippen molar-refractivity contribution in [2.75, 3.05) is 7.11 Å². The Hall–Kier alpha value is -3.98. The molecule has 8 nitrogen and oxygen atoms in total. The highest BCUT2D eigenvalue weighted by molar-refractivity contribution is 7.08. The van der Waals surface area contributed by atoms with Gasteiger partial charge in [-0.05, 0) is 52.7 Å². The molecule has 152 valence electrons. The molecule has 2 N–H and O–H groups in total. The summed E-state index contributed by atoms with van der Waals surface area (Å²) < 4.78 is 7.37. The van der Waals surface area contributed by atoms with E-state index in [1.54, 1.807) is 24.6 Å². The molecular weight excluding hydrogens is 406 g/mol. The number of benzene rings is 1. The normalized spacial score (nSPS) is 10.6. The smallest absolute Gasteiger partial charge is 0.414 e. The summed E-state index contributed by atoms with van der Waals surface area (Å²) in [6.45, 7) is 0. The Morgan fingerprint density at radius 2 is 1.90 bits per heavy atom. The molecule has 0 fully saturated rings. The standard InChI is InChI=1S/C19H15N3OS.C2H2O4/c1-23-15-6-7-17-16(12-15)21-19(8-5-14-9-11-24-13-14)22(17)18-4-2-3-10-20-18;3-1(4)2(5)6/h2-13H,1H3;(H,3,4)(H,5,6). The van der Waals surface area contributed by atoms with Crippen molar-refractivity contribution in [3.63, 3.8) is 0 Å². The summed E-state index contributed by atoms with van der Waals surface area (Å²) in [6.07, 6.45) is 5.87. The summed E-state index contributed by atoms with van der Waals surface area (Å²) in [7, 11) is 1.66. The van der Waals surface area contributed by atoms with Crippen molar-refractivity contribution in [1.29, 1.82) is 0 Å². The van der Waals surface area contributed by atoms with Crippen molar-refractivity contribution in [3.8, 4) is 11.6 Å². The van der Waals surface area contributed by atoms with Crippen molar-refractivity contribution in [2.24, 2.45) is 0 Å². The van der Waals surface area contributed by atoms with Gasteiger partial charge in [-0.3, -0.25) is 4.57 Å². The Kier molecular flexibility index (Phi) is 6.56. The summed E-state index contributed by atoms with van der Waals surface area (Å²) >= 11 is 1.68. The highest BCUT2D eigenvalue weighted by Gasteiger charge is 2.12. The molecule has 0 aliphatic rings. The molecule has 0 radical (unpaired) electrons. The van der Waals surface area contributed by atoms with E-state index in [9.17, 15) is 0 Å². The number of aromatic nitrogens is 3. The molecule has 4 rings (SSSR count). The van der Waals surface area contributed by atoms with Crippen LogP contribution >= 0.6 is 11.3 Å². The molecule has 3 heterocycles. The van der Waals surface area contributed by atoms with E-state index in [4.69, 9.17) is 29.5 Å². The number of carboxylic acid groups (broad SMARTS) is 2. The van der Waals surface area contributed by atoms with Crippen LogP contribution in [0.3, 0.4) is 0 Å². The SMILES string of the molecule is COc1ccc2c(c1)nc(C=Cc1ccsc1)n2-c1ccccn1.O=C(O)C(=O)O. The van der Waals surface area contributed by atoms with Crippen LogP contribution in [0.4, 0.5) is 0 Å². The zero-order chi connectivity index (χ0) is 21.5. The average molecular weight is 423 g/mol. The number of imidazole rings is 1. The first-order chi connectivity index (χ1) is 14.5. The molecule has 0 amide bonds. The first-order valence-corrected chi connectivity index (χ1v) is 9.58. The molecule has 30 heavy (non-hydrogen) atoms. The molecule has 1 aromatic carbocycles. The molecule has 0 saturated carbocycles. The van der Waals surface area contributed by atoms with Gasteiger partial charge in [-0.15, -0.1) is 0 Å². The lowest BCUT2D eigenvalue weighted by atomic mass is 10.3. The van der Waals surface area contributed by atoms with Gasteiger partial charge in [0, 0.05) is 12.3 Å². The van der Waals surface area contributed by atoms with Crippen molar-refractivity contribution >= 4 is 46.5 Å². The molecule has 0 aliphatic carbocycles. The van der Waals surface area contributed by atoms with E-state index in [-0.39, 0.29) is 0 Å². The van der Waals surface area contributed by atoms with Crippen LogP contribution in [0.1, 0.15) is 11.4 Å². The summed E-state index contributed by atoms with van der Waals surface area (Å²) in [5.74, 6) is -1.18. The Balaban J connectivity index is 0.000000377. The number of rotatable bonds is 4. The second-order valence-corrected chi connectivity index (χ2v) is 6.63. The van der Waals surface area contributed by atoms with E-state index in [1.165, 1.54) is 0 Å². The lowest BCUT2D eigenvalue weighted by molar-refractivity contribution is -0.159. The summed E-state index contributed by atoms with van der Waals surface area (Å²) in [6, 6.07) is 13.8. The number of pyridine rings is 1. The monoisotopic (exact) mass is 423 g/mol. The van der Waals surface area contributed by atoms with Gasteiger partial charge in [0.15, 0.2) is 0 Å². The number of carboxylic acids is 2. The minimum atomic E-state index is -1.82. The third kappa shape index (κ3) is 4.89. The predicted molar refractivity (Wildman–Crippen MR) is 114 cm³/mol. The van der Waals surface area contributed by atoms with Crippen LogP contribution in [0, 0.1) is 0 Å². The molecule has 3 aromatic heterocycles. The molecule has 0 bridgehead atoms. The number of nitrogens with zero attached hydrogens (tertiary/aromatic N) is 3. The highest BCUT2D eigenvalue weighted by atomic mass is 32.1. The lowest BCUT2D eigenvalue weighted by Gasteiger charge is -2.06. The second-order valence-electron chi connectivity index (χ2n) is 5.85. The number of fused-ring (bicyclic) bond motifs is 1. The quantitative estimate of drug-likeness (QED) is 0.480. The third-order valence-electron chi connectivity index (χ3n) is 3.92. The zero-order valence-corrected chi connectivity index (χ0v) is 16.6. The van der Waals surface area contributed by atoms with E-state index in [2.05, 4.69) is 32.5 Å². The van der Waals surface area contributed by atoms with Gasteiger partial charge in [0.1, 0.15) is 17.4 Å². The molecular formula is C21H17N3O5S. The number of carbonyl (C=O) groups is 2. The fourth-order valence-corrected chi connectivity index (χ4v) is 3.21. The fraction of sp³-hybridized carbons (Fsp3) is 0.0476. The predicted octanol–water partition coefficient (Wildman–Crippen LogP) is 3.82. The fourth-order valence-electron chi connectivity index (χ4n) is 2.58. The van der Waals surface area contributed by atoms with E-state index >= 15 is 0 Å². The minimum absolute atomic E-state index is 0.793.